The third-order valence-electron chi connectivity index (χ3n) is 24.2. The molecule has 8 atom stereocenters. The molecule has 0 aromatic heterocycles. The molecule has 706 valence electrons. The summed E-state index contributed by atoms with van der Waals surface area (Å²) in [4.78, 5) is 93.1. The van der Waals surface area contributed by atoms with Gasteiger partial charge in [-0.3, -0.25) is 28.3 Å². The maximum absolute atomic E-state index is 13.8. The minimum Gasteiger partial charge on any atom is -0.490 e. The Balaban J connectivity index is 0.000000213. The number of para-hydroxylation sites is 1. The summed E-state index contributed by atoms with van der Waals surface area (Å²) in [5, 5.41) is 6.63. The van der Waals surface area contributed by atoms with E-state index >= 15 is 0 Å². The molecule has 6 heterocycles. The Kier molecular flexibility index (Phi) is 42.5. The number of amides is 3. The highest BCUT2D eigenvalue weighted by Gasteiger charge is 2.39. The third kappa shape index (κ3) is 37.4. The molecule has 27 heteroatoms. The number of nitrogens with zero attached hydrogens (tertiary/aromatic N) is 4. The standard InChI is InChI=1S/C22H24FNO3.C21H24FNO.C18H26FNO3.2C14H18FNO.C13H25NO5S.ClH/c1-16-13-19(21(25)14-18-9-5-6-10-20(18)23)11-12-24(16)22(26)27-15-17-7-3-2-4-8-17;1-16-13-19(21(24)14-18-9-5-6-10-20(18)22)11-12-23(16)15-17-7-3-2-4-8-17;1-17(2,3)23-16(21)20-11-9-18(4,10-12-20)13-22-15-8-6-5-7-14(15)19;2*1-10-8-12(6-7-16-10)14(17)9-11-4-2-3-5-13(11)15;1-12(2,3)19-11(15)14-8-6-13(4,7-9-14)10-18-20(5,16)17;/h2-10,16,19H,11-15H2,1H3;2-10,16,19H,11-15H2,1H3;5-8H,9-13H2,1-4H3;2*2-5,10,12,16H,6-9H2,1H3;6-10H2,1-5H3;1H/t2*16-,19?;;2*10-,12?;;/m01.10../s1. The van der Waals surface area contributed by atoms with E-state index in [1.807, 2.05) is 91.8 Å². The van der Waals surface area contributed by atoms with Gasteiger partial charge in [0.1, 0.15) is 64.2 Å². The first-order valence-corrected chi connectivity index (χ1v) is 46.9. The van der Waals surface area contributed by atoms with Crippen molar-refractivity contribution in [3.63, 3.8) is 0 Å². The molecule has 129 heavy (non-hydrogen) atoms. The Morgan fingerprint density at radius 3 is 1.12 bits per heavy atom. The summed E-state index contributed by atoms with van der Waals surface area (Å²) in [6.07, 6.45) is 10.2. The van der Waals surface area contributed by atoms with Crippen molar-refractivity contribution in [2.75, 3.05) is 71.8 Å². The van der Waals surface area contributed by atoms with Crippen molar-refractivity contribution < 1.29 is 87.1 Å². The fourth-order valence-electron chi connectivity index (χ4n) is 16.3. The number of benzene rings is 7. The van der Waals surface area contributed by atoms with Gasteiger partial charge in [0, 0.05) is 118 Å². The van der Waals surface area contributed by atoms with E-state index in [-0.39, 0.29) is 168 Å². The molecule has 3 amide bonds. The highest BCUT2D eigenvalue weighted by molar-refractivity contribution is 7.86. The number of hydrogen-bond donors (Lipinski definition) is 2. The molecule has 0 aliphatic carbocycles. The van der Waals surface area contributed by atoms with Crippen LogP contribution in [0.3, 0.4) is 0 Å². The average Bonchev–Trinajstić information content (AvgIpc) is 0.808. The van der Waals surface area contributed by atoms with Gasteiger partial charge in [0.15, 0.2) is 11.6 Å². The molecule has 6 fully saturated rings. The topological polar surface area (TPSA) is 237 Å². The van der Waals surface area contributed by atoms with Gasteiger partial charge in [-0.05, 0) is 241 Å². The Bertz CT molecular complexity index is 4740. The molecule has 6 aliphatic rings. The van der Waals surface area contributed by atoms with Crippen LogP contribution < -0.4 is 15.4 Å². The Morgan fingerprint density at radius 2 is 0.760 bits per heavy atom. The van der Waals surface area contributed by atoms with Gasteiger partial charge in [-0.1, -0.05) is 159 Å². The maximum Gasteiger partial charge on any atom is 0.410 e. The van der Waals surface area contributed by atoms with E-state index in [4.69, 9.17) is 23.1 Å². The lowest BCUT2D eigenvalue weighted by atomic mass is 9.81. The number of Topliss-reactive ketones (excluding diaryl/α,β-unsaturated/α-hetero) is 4. The van der Waals surface area contributed by atoms with E-state index in [1.165, 1.54) is 35.9 Å². The molecule has 13 rings (SSSR count). The first-order valence-electron chi connectivity index (χ1n) is 45.0. The van der Waals surface area contributed by atoms with Gasteiger partial charge in [0.25, 0.3) is 10.1 Å². The second kappa shape index (κ2) is 51.4. The molecular formula is C102H136ClF5N6O14S. The van der Waals surface area contributed by atoms with Crippen LogP contribution in [-0.4, -0.2) is 177 Å². The molecule has 7 aromatic carbocycles. The zero-order chi connectivity index (χ0) is 93.4. The quantitative estimate of drug-likeness (QED) is 0.0364. The van der Waals surface area contributed by atoms with E-state index in [2.05, 4.69) is 67.5 Å². The zero-order valence-corrected chi connectivity index (χ0v) is 79.1. The van der Waals surface area contributed by atoms with Gasteiger partial charge in [-0.25, -0.2) is 36.3 Å². The van der Waals surface area contributed by atoms with E-state index in [1.54, 1.807) is 106 Å². The summed E-state index contributed by atoms with van der Waals surface area (Å²) < 4.78 is 117. The van der Waals surface area contributed by atoms with Crippen LogP contribution in [0.25, 0.3) is 0 Å². The number of ether oxygens (including phenoxy) is 4. The van der Waals surface area contributed by atoms with Gasteiger partial charge < -0.3 is 44.3 Å². The van der Waals surface area contributed by atoms with Gasteiger partial charge in [0.2, 0.25) is 0 Å². The lowest BCUT2D eigenvalue weighted by Crippen LogP contribution is -2.46. The number of carbonyl (C=O) groups is 7. The van der Waals surface area contributed by atoms with Crippen molar-refractivity contribution in [3.8, 4) is 5.75 Å². The largest absolute Gasteiger partial charge is 0.490 e. The second-order valence-electron chi connectivity index (χ2n) is 37.7. The van der Waals surface area contributed by atoms with Crippen LogP contribution >= 0.6 is 12.4 Å². The van der Waals surface area contributed by atoms with Crippen LogP contribution in [0, 0.1) is 63.6 Å². The lowest BCUT2D eigenvalue weighted by Gasteiger charge is -2.39. The van der Waals surface area contributed by atoms with Crippen molar-refractivity contribution in [1.29, 1.82) is 0 Å². The summed E-state index contributed by atoms with van der Waals surface area (Å²) in [5.74, 6) is -0.624. The molecule has 6 saturated heterocycles. The fraction of sp³-hybridized carbons (Fsp3) is 0.520. The molecule has 0 radical (unpaired) electrons. The van der Waals surface area contributed by atoms with E-state index < -0.39 is 21.3 Å². The molecule has 20 nitrogen and oxygen atoms in total. The molecule has 2 N–H and O–H groups in total. The van der Waals surface area contributed by atoms with Gasteiger partial charge in [-0.15, -0.1) is 12.4 Å². The molecule has 7 aromatic rings. The summed E-state index contributed by atoms with van der Waals surface area (Å²) >= 11 is 0. The molecular weight excluding hydrogens is 1700 g/mol. The van der Waals surface area contributed by atoms with Crippen LogP contribution in [0.1, 0.15) is 194 Å². The predicted octanol–water partition coefficient (Wildman–Crippen LogP) is 19.9. The number of piperidine rings is 6. The number of ketones is 4. The number of rotatable bonds is 22. The van der Waals surface area contributed by atoms with Crippen LogP contribution in [0.5, 0.6) is 5.75 Å². The third-order valence-corrected chi connectivity index (χ3v) is 24.7. The smallest absolute Gasteiger partial charge is 0.410 e. The highest BCUT2D eigenvalue weighted by Crippen LogP contribution is 2.36. The van der Waals surface area contributed by atoms with Crippen LogP contribution in [0.2, 0.25) is 0 Å². The van der Waals surface area contributed by atoms with E-state index in [0.717, 1.165) is 89.4 Å². The van der Waals surface area contributed by atoms with Gasteiger partial charge in [-0.2, -0.15) is 8.42 Å². The number of hydrogen-bond acceptors (Lipinski definition) is 17. The normalized spacial score (nSPS) is 20.8. The summed E-state index contributed by atoms with van der Waals surface area (Å²) in [5.41, 5.74) is 2.95. The number of nitrogens with one attached hydrogen (secondary N) is 2. The molecule has 0 saturated carbocycles. The second-order valence-corrected chi connectivity index (χ2v) is 39.3. The number of likely N-dealkylation sites (tertiary alicyclic amines) is 4. The molecule has 0 spiro atoms. The summed E-state index contributed by atoms with van der Waals surface area (Å²) in [6.45, 7) is 30.7. The van der Waals surface area contributed by atoms with Crippen molar-refractivity contribution in [2.24, 2.45) is 34.5 Å². The molecule has 6 aliphatic heterocycles. The van der Waals surface area contributed by atoms with Crippen LogP contribution in [0.15, 0.2) is 182 Å². The van der Waals surface area contributed by atoms with Crippen LogP contribution in [0.4, 0.5) is 36.3 Å². The van der Waals surface area contributed by atoms with Crippen molar-refractivity contribution in [2.45, 2.75) is 234 Å². The maximum atomic E-state index is 13.8. The molecule has 4 unspecified atom stereocenters. The summed E-state index contributed by atoms with van der Waals surface area (Å²) in [6, 6.07) is 53.4. The van der Waals surface area contributed by atoms with Gasteiger partial charge >= 0.3 is 18.3 Å². The fourth-order valence-corrected chi connectivity index (χ4v) is 16.8. The number of halogens is 6. The van der Waals surface area contributed by atoms with Crippen molar-refractivity contribution in [1.82, 2.24) is 30.2 Å². The minimum absolute atomic E-state index is 0. The van der Waals surface area contributed by atoms with E-state index in [0.29, 0.717) is 105 Å². The Morgan fingerprint density at radius 1 is 0.419 bits per heavy atom. The average molecular weight is 1830 g/mol. The minimum atomic E-state index is -3.42. The van der Waals surface area contributed by atoms with Gasteiger partial charge in [0.05, 0.1) is 19.5 Å². The first-order chi connectivity index (χ1) is 60.6. The molecule has 0 bridgehead atoms. The van der Waals surface area contributed by atoms with Crippen molar-refractivity contribution in [3.05, 3.63) is 244 Å². The summed E-state index contributed by atoms with van der Waals surface area (Å²) in [7, 11) is -3.42. The predicted molar refractivity (Wildman–Crippen MR) is 496 cm³/mol. The van der Waals surface area contributed by atoms with Crippen molar-refractivity contribution >= 4 is 63.9 Å². The zero-order valence-electron chi connectivity index (χ0n) is 77.4. The Labute approximate surface area is 767 Å². The SMILES string of the molecule is CC1(COS(C)(=O)=O)CCN(C(=O)OC(C)(C)C)CC1.CC1(COc2ccccc2F)CCN(C(=O)OC(C)(C)C)CC1.C[C@@H]1CC(C(=O)Cc2ccccc2F)CCN1.C[C@@H]1CC(C(=O)Cc2ccccc2F)CCN1Cc1ccccc1.C[C@H]1CC(C(=O)Cc2ccccc2F)CCN1.C[C@H]1CC(C(=O)Cc2ccccc2F)CCN1C(=O)OCc1ccccc1.Cl. The number of carbonyl (C=O) groups excluding carboxylic acids is 7. The van der Waals surface area contributed by atoms with Crippen LogP contribution in [-0.2, 0) is 86.5 Å². The lowest BCUT2D eigenvalue weighted by molar-refractivity contribution is -0.125. The monoisotopic (exact) mass is 1830 g/mol. The Hall–Kier alpha value is -9.44. The highest BCUT2D eigenvalue weighted by atomic mass is 35.5. The first kappa shape index (κ1) is 107. The van der Waals surface area contributed by atoms with E-state index in [9.17, 15) is 63.9 Å².